The Kier molecular flexibility index (Phi) is 9.80. The largest absolute Gasteiger partial charge is 0.324 e. The number of aryl methyl sites for hydroxylation is 1. The molecule has 2 aliphatic carbocycles. The number of amides is 2. The molecule has 3 fully saturated rings. The molecule has 1 N–H and O–H groups in total. The van der Waals surface area contributed by atoms with Crippen LogP contribution in [-0.4, -0.2) is 58.3 Å². The average molecular weight is 493 g/mol. The van der Waals surface area contributed by atoms with E-state index in [4.69, 9.17) is 4.98 Å². The van der Waals surface area contributed by atoms with Gasteiger partial charge in [0.1, 0.15) is 0 Å². The minimum Gasteiger partial charge on any atom is -0.319 e. The van der Waals surface area contributed by atoms with Crippen molar-refractivity contribution in [3.8, 4) is 0 Å². The van der Waals surface area contributed by atoms with E-state index >= 15 is 0 Å². The first-order chi connectivity index (χ1) is 16.1. The van der Waals surface area contributed by atoms with E-state index in [9.17, 15) is 4.79 Å². The van der Waals surface area contributed by atoms with Gasteiger partial charge in [-0.2, -0.15) is 0 Å². The number of rotatable bonds is 7. The van der Waals surface area contributed by atoms with Crippen molar-refractivity contribution < 1.29 is 4.79 Å². The van der Waals surface area contributed by atoms with E-state index in [2.05, 4.69) is 29.0 Å². The van der Waals surface area contributed by atoms with E-state index in [1.807, 2.05) is 11.8 Å². The van der Waals surface area contributed by atoms with Gasteiger partial charge in [-0.1, -0.05) is 50.4 Å². The highest BCUT2D eigenvalue weighted by atomic mass is 32.2. The molecule has 2 amide bonds. The molecular weight excluding hydrogens is 448 g/mol. The van der Waals surface area contributed by atoms with Crippen LogP contribution in [0, 0.1) is 12.8 Å². The van der Waals surface area contributed by atoms with Gasteiger partial charge in [0.2, 0.25) is 0 Å². The Labute approximate surface area is 209 Å². The maximum absolute atomic E-state index is 13.6. The summed E-state index contributed by atoms with van der Waals surface area (Å²) in [6, 6.07) is 0.883. The molecule has 0 unspecified atom stereocenters. The molecule has 2 saturated carbocycles. The first kappa shape index (κ1) is 25.3. The van der Waals surface area contributed by atoms with E-state index in [-0.39, 0.29) is 6.03 Å². The van der Waals surface area contributed by atoms with Gasteiger partial charge < -0.3 is 9.80 Å². The molecular formula is C26H44N4OS2. The monoisotopic (exact) mass is 492 g/mol. The molecule has 0 aromatic carbocycles. The molecule has 0 bridgehead atoms. The smallest absolute Gasteiger partial charge is 0.319 e. The standard InChI is InChI=1S/C26H44N4OS2/c1-20-12-14-23(15-13-20)30(22-10-6-3-4-7-11-22)26(31)28-25-27-21(2)24(33-25)32-19-18-29-16-8-5-9-17-29/h20,22-23H,3-19H2,1-2H3,(H,27,28,31)/t20-,23-. The SMILES string of the molecule is Cc1nc(NC(=O)N(C2CCCCCC2)[C@H]2CC[C@H](C)CC2)sc1SCCN1CCCCC1. The first-order valence-electron chi connectivity index (χ1n) is 13.5. The predicted octanol–water partition coefficient (Wildman–Crippen LogP) is 7.16. The number of carbonyl (C=O) groups is 1. The van der Waals surface area contributed by atoms with Gasteiger partial charge >= 0.3 is 6.03 Å². The van der Waals surface area contributed by atoms with Gasteiger partial charge in [0.15, 0.2) is 5.13 Å². The van der Waals surface area contributed by atoms with Gasteiger partial charge in [-0.25, -0.2) is 9.78 Å². The number of carbonyl (C=O) groups excluding carboxylic acids is 1. The summed E-state index contributed by atoms with van der Waals surface area (Å²) in [5.74, 6) is 1.90. The zero-order valence-electron chi connectivity index (χ0n) is 20.8. The number of thiazole rings is 1. The van der Waals surface area contributed by atoms with Crippen molar-refractivity contribution >= 4 is 34.3 Å². The number of hydrogen-bond donors (Lipinski definition) is 1. The zero-order valence-corrected chi connectivity index (χ0v) is 22.5. The lowest BCUT2D eigenvalue weighted by molar-refractivity contribution is 0.116. The summed E-state index contributed by atoms with van der Waals surface area (Å²) in [7, 11) is 0. The molecule has 1 saturated heterocycles. The predicted molar refractivity (Wildman–Crippen MR) is 142 cm³/mol. The summed E-state index contributed by atoms with van der Waals surface area (Å²) in [5.41, 5.74) is 1.06. The summed E-state index contributed by atoms with van der Waals surface area (Å²) in [6.45, 7) is 8.09. The van der Waals surface area contributed by atoms with Crippen LogP contribution < -0.4 is 5.32 Å². The fraction of sp³-hybridized carbons (Fsp3) is 0.846. The second-order valence-corrected chi connectivity index (χ2v) is 12.9. The van der Waals surface area contributed by atoms with Crippen molar-refractivity contribution in [1.29, 1.82) is 0 Å². The van der Waals surface area contributed by atoms with E-state index in [0.717, 1.165) is 54.7 Å². The number of thioether (sulfide) groups is 1. The molecule has 0 spiro atoms. The van der Waals surface area contributed by atoms with Crippen LogP contribution in [-0.2, 0) is 0 Å². The van der Waals surface area contributed by atoms with Crippen LogP contribution in [0.2, 0.25) is 0 Å². The summed E-state index contributed by atoms with van der Waals surface area (Å²) in [4.78, 5) is 23.2. The van der Waals surface area contributed by atoms with Crippen molar-refractivity contribution in [2.45, 2.75) is 114 Å². The Balaban J connectivity index is 1.36. The molecule has 0 radical (unpaired) electrons. The Morgan fingerprint density at radius 2 is 1.64 bits per heavy atom. The highest BCUT2D eigenvalue weighted by molar-refractivity contribution is 8.01. The molecule has 2 heterocycles. The minimum atomic E-state index is 0.0973. The van der Waals surface area contributed by atoms with Crippen LogP contribution in [0.15, 0.2) is 4.21 Å². The quantitative estimate of drug-likeness (QED) is 0.324. The average Bonchev–Trinajstić information content (AvgIpc) is 2.99. The van der Waals surface area contributed by atoms with E-state index in [1.165, 1.54) is 75.1 Å². The van der Waals surface area contributed by atoms with Crippen LogP contribution in [0.3, 0.4) is 0 Å². The van der Waals surface area contributed by atoms with E-state index in [0.29, 0.717) is 12.1 Å². The van der Waals surface area contributed by atoms with E-state index < -0.39 is 0 Å². The van der Waals surface area contributed by atoms with Crippen LogP contribution in [0.25, 0.3) is 0 Å². The third kappa shape index (κ3) is 7.35. The fourth-order valence-corrected chi connectivity index (χ4v) is 8.06. The molecule has 0 atom stereocenters. The molecule has 1 aromatic heterocycles. The Hall–Kier alpha value is -0.790. The number of aromatic nitrogens is 1. The molecule has 1 aliphatic heterocycles. The summed E-state index contributed by atoms with van der Waals surface area (Å²) in [6.07, 6.45) is 16.3. The number of likely N-dealkylation sites (tertiary alicyclic amines) is 1. The van der Waals surface area contributed by atoms with Crippen LogP contribution in [0.5, 0.6) is 0 Å². The van der Waals surface area contributed by atoms with Crippen molar-refractivity contribution in [2.75, 3.05) is 30.7 Å². The highest BCUT2D eigenvalue weighted by Crippen LogP contribution is 2.35. The maximum Gasteiger partial charge on any atom is 0.324 e. The van der Waals surface area contributed by atoms with Crippen molar-refractivity contribution in [3.05, 3.63) is 5.69 Å². The van der Waals surface area contributed by atoms with Crippen LogP contribution in [0.1, 0.15) is 96.1 Å². The maximum atomic E-state index is 13.6. The summed E-state index contributed by atoms with van der Waals surface area (Å²) in [5, 5.41) is 4.02. The number of hydrogen-bond acceptors (Lipinski definition) is 5. The van der Waals surface area contributed by atoms with E-state index in [1.54, 1.807) is 11.3 Å². The molecule has 7 heteroatoms. The lowest BCUT2D eigenvalue weighted by Gasteiger charge is -2.40. The number of nitrogens with zero attached hydrogens (tertiary/aromatic N) is 3. The van der Waals surface area contributed by atoms with Gasteiger partial charge in [-0.15, -0.1) is 11.8 Å². The number of anilines is 1. The lowest BCUT2D eigenvalue weighted by atomic mass is 9.85. The second-order valence-electron chi connectivity index (χ2n) is 10.5. The topological polar surface area (TPSA) is 48.5 Å². The molecule has 3 aliphatic rings. The van der Waals surface area contributed by atoms with Crippen LogP contribution in [0.4, 0.5) is 9.93 Å². The fourth-order valence-electron chi connectivity index (χ4n) is 5.86. The molecule has 186 valence electrons. The van der Waals surface area contributed by atoms with Crippen molar-refractivity contribution in [1.82, 2.24) is 14.8 Å². The zero-order chi connectivity index (χ0) is 23.0. The van der Waals surface area contributed by atoms with Gasteiger partial charge in [0, 0.05) is 24.4 Å². The second kappa shape index (κ2) is 12.8. The first-order valence-corrected chi connectivity index (χ1v) is 15.3. The lowest BCUT2D eigenvalue weighted by Crippen LogP contribution is -2.50. The van der Waals surface area contributed by atoms with Gasteiger partial charge in [0.25, 0.3) is 0 Å². The molecule has 33 heavy (non-hydrogen) atoms. The Bertz CT molecular complexity index is 733. The third-order valence-corrected chi connectivity index (χ3v) is 10.3. The van der Waals surface area contributed by atoms with Gasteiger partial charge in [0.05, 0.1) is 9.90 Å². The van der Waals surface area contributed by atoms with Gasteiger partial charge in [-0.3, -0.25) is 5.32 Å². The molecule has 5 nitrogen and oxygen atoms in total. The number of urea groups is 1. The summed E-state index contributed by atoms with van der Waals surface area (Å²) >= 11 is 3.57. The Morgan fingerprint density at radius 1 is 1.00 bits per heavy atom. The van der Waals surface area contributed by atoms with Crippen LogP contribution >= 0.6 is 23.1 Å². The Morgan fingerprint density at radius 3 is 2.33 bits per heavy atom. The minimum absolute atomic E-state index is 0.0973. The molecule has 4 rings (SSSR count). The van der Waals surface area contributed by atoms with Gasteiger partial charge in [-0.05, 0) is 77.3 Å². The van der Waals surface area contributed by atoms with Crippen molar-refractivity contribution in [2.24, 2.45) is 5.92 Å². The molecule has 1 aromatic rings. The number of nitrogens with one attached hydrogen (secondary N) is 1. The normalized spacial score (nSPS) is 25.5. The number of piperidine rings is 1. The third-order valence-electron chi connectivity index (χ3n) is 7.89. The highest BCUT2D eigenvalue weighted by Gasteiger charge is 2.33. The summed E-state index contributed by atoms with van der Waals surface area (Å²) < 4.78 is 1.26. The van der Waals surface area contributed by atoms with Crippen molar-refractivity contribution in [3.63, 3.8) is 0 Å².